The summed E-state index contributed by atoms with van der Waals surface area (Å²) in [7, 11) is 0. The first-order chi connectivity index (χ1) is 9.06. The minimum atomic E-state index is -5.07. The van der Waals surface area contributed by atoms with Crippen molar-refractivity contribution in [3.63, 3.8) is 0 Å². The first-order valence-electron chi connectivity index (χ1n) is 5.68. The van der Waals surface area contributed by atoms with E-state index >= 15 is 0 Å². The number of ketones is 1. The molecular formula is C13H13ClF3NO2. The van der Waals surface area contributed by atoms with Crippen LogP contribution in [0.3, 0.4) is 0 Å². The molecule has 0 aliphatic heterocycles. The number of alkyl halides is 4. The van der Waals surface area contributed by atoms with E-state index in [1.54, 1.807) is 30.3 Å². The summed E-state index contributed by atoms with van der Waals surface area (Å²) in [5.74, 6) is -2.89. The Labute approximate surface area is 119 Å². The molecule has 1 amide bonds. The van der Waals surface area contributed by atoms with Gasteiger partial charge in [0.05, 0.1) is 5.41 Å². The molecule has 0 spiro atoms. The number of hydrogen-bond acceptors (Lipinski definition) is 2. The highest BCUT2D eigenvalue weighted by Gasteiger charge is 2.50. The minimum absolute atomic E-state index is 0.411. The molecule has 0 aromatic heterocycles. The molecule has 0 heterocycles. The fourth-order valence-electron chi connectivity index (χ4n) is 1.40. The van der Waals surface area contributed by atoms with Crippen molar-refractivity contribution >= 4 is 29.0 Å². The van der Waals surface area contributed by atoms with Gasteiger partial charge in [-0.1, -0.05) is 18.2 Å². The average molecular weight is 308 g/mol. The third-order valence-corrected chi connectivity index (χ3v) is 3.50. The Morgan fingerprint density at radius 2 is 1.65 bits per heavy atom. The van der Waals surface area contributed by atoms with Crippen molar-refractivity contribution in [2.24, 2.45) is 5.41 Å². The molecule has 0 radical (unpaired) electrons. The summed E-state index contributed by atoms with van der Waals surface area (Å²) in [6, 6.07) is 8.17. The van der Waals surface area contributed by atoms with Crippen LogP contribution in [0.5, 0.6) is 0 Å². The van der Waals surface area contributed by atoms with E-state index in [2.05, 4.69) is 5.32 Å². The Bertz CT molecular complexity index is 500. The quantitative estimate of drug-likeness (QED) is 0.867. The third-order valence-electron chi connectivity index (χ3n) is 2.76. The molecule has 0 saturated carbocycles. The van der Waals surface area contributed by atoms with Gasteiger partial charge in [0.2, 0.25) is 5.91 Å². The van der Waals surface area contributed by atoms with E-state index in [-0.39, 0.29) is 0 Å². The molecule has 0 saturated heterocycles. The third kappa shape index (κ3) is 3.72. The van der Waals surface area contributed by atoms with Crippen molar-refractivity contribution in [1.82, 2.24) is 0 Å². The Morgan fingerprint density at radius 1 is 1.15 bits per heavy atom. The smallest absolute Gasteiger partial charge is 0.326 e. The van der Waals surface area contributed by atoms with Crippen LogP contribution in [0, 0.1) is 5.41 Å². The zero-order valence-electron chi connectivity index (χ0n) is 10.8. The number of nitrogens with one attached hydrogen (secondary N) is 1. The van der Waals surface area contributed by atoms with Gasteiger partial charge < -0.3 is 5.32 Å². The van der Waals surface area contributed by atoms with Crippen LogP contribution in [0.4, 0.5) is 18.9 Å². The first kappa shape index (κ1) is 16.5. The number of Topliss-reactive ketones (excluding diaryl/α,β-unsaturated/α-hetero) is 1. The predicted molar refractivity (Wildman–Crippen MR) is 69.6 cm³/mol. The molecule has 1 rings (SSSR count). The van der Waals surface area contributed by atoms with Crippen LogP contribution in [-0.4, -0.2) is 23.2 Å². The lowest BCUT2D eigenvalue weighted by Crippen LogP contribution is -2.46. The summed E-state index contributed by atoms with van der Waals surface area (Å²) in [6.07, 6.45) is -5.07. The monoisotopic (exact) mass is 307 g/mol. The molecule has 0 aliphatic carbocycles. The number of para-hydroxylation sites is 1. The molecule has 1 N–H and O–H groups in total. The van der Waals surface area contributed by atoms with Gasteiger partial charge in [-0.2, -0.15) is 13.2 Å². The first-order valence-corrected chi connectivity index (χ1v) is 6.12. The number of carbonyl (C=O) groups is 2. The molecule has 7 heteroatoms. The second-order valence-electron chi connectivity index (χ2n) is 4.77. The number of carbonyl (C=O) groups excluding carboxylic acids is 2. The molecule has 20 heavy (non-hydrogen) atoms. The molecule has 0 fully saturated rings. The van der Waals surface area contributed by atoms with E-state index in [9.17, 15) is 22.8 Å². The molecule has 1 atom stereocenters. The highest BCUT2D eigenvalue weighted by Crippen LogP contribution is 2.33. The molecule has 1 unspecified atom stereocenters. The number of halogens is 4. The van der Waals surface area contributed by atoms with Crippen LogP contribution < -0.4 is 5.32 Å². The number of anilines is 1. The predicted octanol–water partition coefficient (Wildman–Crippen LogP) is 3.39. The second-order valence-corrected chi connectivity index (χ2v) is 5.20. The largest absolute Gasteiger partial charge is 0.451 e. The molecule has 1 aromatic rings. The van der Waals surface area contributed by atoms with Crippen molar-refractivity contribution in [3.05, 3.63) is 30.3 Å². The summed E-state index contributed by atoms with van der Waals surface area (Å²) >= 11 is 5.54. The van der Waals surface area contributed by atoms with E-state index in [4.69, 9.17) is 11.6 Å². The Morgan fingerprint density at radius 3 is 2.10 bits per heavy atom. The van der Waals surface area contributed by atoms with Crippen molar-refractivity contribution in [2.45, 2.75) is 25.4 Å². The minimum Gasteiger partial charge on any atom is -0.326 e. The van der Waals surface area contributed by atoms with Gasteiger partial charge in [0, 0.05) is 5.69 Å². The number of rotatable bonds is 4. The van der Waals surface area contributed by atoms with Crippen LogP contribution in [0.25, 0.3) is 0 Å². The fraction of sp³-hybridized carbons (Fsp3) is 0.385. The summed E-state index contributed by atoms with van der Waals surface area (Å²) in [6.45, 7) is 2.37. The Kier molecular flexibility index (Phi) is 4.81. The molecule has 0 aliphatic rings. The van der Waals surface area contributed by atoms with Crippen LogP contribution in [-0.2, 0) is 9.59 Å². The maximum Gasteiger partial charge on any atom is 0.451 e. The zero-order valence-corrected chi connectivity index (χ0v) is 11.5. The van der Waals surface area contributed by atoms with Gasteiger partial charge >= 0.3 is 6.18 Å². The van der Waals surface area contributed by atoms with Crippen LogP contribution >= 0.6 is 11.6 Å². The maximum atomic E-state index is 12.4. The van der Waals surface area contributed by atoms with Gasteiger partial charge in [-0.15, -0.1) is 11.6 Å². The number of benzene rings is 1. The molecular weight excluding hydrogens is 295 g/mol. The summed E-state index contributed by atoms with van der Waals surface area (Å²) in [5.41, 5.74) is -1.29. The lowest BCUT2D eigenvalue weighted by Gasteiger charge is -2.28. The second kappa shape index (κ2) is 5.83. The van der Waals surface area contributed by atoms with Gasteiger partial charge in [0.15, 0.2) is 0 Å². The molecule has 110 valence electrons. The van der Waals surface area contributed by atoms with Gasteiger partial charge in [-0.05, 0) is 26.0 Å². The van der Waals surface area contributed by atoms with Crippen LogP contribution in [0.2, 0.25) is 0 Å². The lowest BCUT2D eigenvalue weighted by molar-refractivity contribution is -0.173. The Hall–Kier alpha value is -1.56. The van der Waals surface area contributed by atoms with Gasteiger partial charge in [-0.3, -0.25) is 9.59 Å². The standard InChI is InChI=1S/C13H13ClF3NO2/c1-12(2,9(14)10(19)13(15,16)17)11(20)18-8-6-4-3-5-7-8/h3-7,9H,1-2H3,(H,18,20). The number of hydrogen-bond donors (Lipinski definition) is 1. The van der Waals surface area contributed by atoms with E-state index < -0.39 is 28.7 Å². The highest BCUT2D eigenvalue weighted by atomic mass is 35.5. The number of amides is 1. The van der Waals surface area contributed by atoms with Gasteiger partial charge in [0.1, 0.15) is 5.38 Å². The maximum absolute atomic E-state index is 12.4. The van der Waals surface area contributed by atoms with E-state index in [0.29, 0.717) is 5.69 Å². The summed E-state index contributed by atoms with van der Waals surface area (Å²) in [5, 5.41) is 0.432. The Balaban J connectivity index is 2.87. The van der Waals surface area contributed by atoms with Crippen molar-refractivity contribution in [3.8, 4) is 0 Å². The average Bonchev–Trinajstić information content (AvgIpc) is 2.36. The van der Waals surface area contributed by atoms with Crippen molar-refractivity contribution in [1.29, 1.82) is 0 Å². The summed E-state index contributed by atoms with van der Waals surface area (Å²) < 4.78 is 37.1. The SMILES string of the molecule is CC(C)(C(=O)Nc1ccccc1)C(Cl)C(=O)C(F)(F)F. The van der Waals surface area contributed by atoms with E-state index in [1.165, 1.54) is 13.8 Å². The molecule has 1 aromatic carbocycles. The van der Waals surface area contributed by atoms with E-state index in [0.717, 1.165) is 0 Å². The normalized spacial score (nSPS) is 13.7. The topological polar surface area (TPSA) is 46.2 Å². The van der Waals surface area contributed by atoms with E-state index in [1.807, 2.05) is 0 Å². The van der Waals surface area contributed by atoms with Crippen LogP contribution in [0.15, 0.2) is 30.3 Å². The molecule has 0 bridgehead atoms. The van der Waals surface area contributed by atoms with Crippen LogP contribution in [0.1, 0.15) is 13.8 Å². The van der Waals surface area contributed by atoms with Gasteiger partial charge in [0.25, 0.3) is 5.78 Å². The van der Waals surface area contributed by atoms with Gasteiger partial charge in [-0.25, -0.2) is 0 Å². The zero-order chi connectivity index (χ0) is 15.6. The lowest BCUT2D eigenvalue weighted by atomic mass is 9.85. The van der Waals surface area contributed by atoms with Crippen molar-refractivity contribution in [2.75, 3.05) is 5.32 Å². The fourth-order valence-corrected chi connectivity index (χ4v) is 1.62. The summed E-state index contributed by atoms with van der Waals surface area (Å²) in [4.78, 5) is 23.1. The highest BCUT2D eigenvalue weighted by molar-refractivity contribution is 6.34. The molecule has 3 nitrogen and oxygen atoms in total. The van der Waals surface area contributed by atoms with Crippen molar-refractivity contribution < 1.29 is 22.8 Å².